The summed E-state index contributed by atoms with van der Waals surface area (Å²) in [5.41, 5.74) is -1.39. The highest BCUT2D eigenvalue weighted by Gasteiger charge is 2.72. The van der Waals surface area contributed by atoms with Gasteiger partial charge in [0.05, 0.1) is 29.7 Å². The molecular formula is C16H14BrNO4. The van der Waals surface area contributed by atoms with Crippen molar-refractivity contribution >= 4 is 33.4 Å². The predicted molar refractivity (Wildman–Crippen MR) is 82.1 cm³/mol. The third-order valence-electron chi connectivity index (χ3n) is 4.90. The van der Waals surface area contributed by atoms with Gasteiger partial charge >= 0.3 is 0 Å². The van der Waals surface area contributed by atoms with Crippen LogP contribution in [0.5, 0.6) is 0 Å². The quantitative estimate of drug-likeness (QED) is 0.640. The van der Waals surface area contributed by atoms with Crippen LogP contribution in [-0.2, 0) is 14.3 Å². The van der Waals surface area contributed by atoms with Crippen molar-refractivity contribution in [2.45, 2.75) is 18.1 Å². The molecule has 2 saturated heterocycles. The molecule has 3 heterocycles. The van der Waals surface area contributed by atoms with E-state index in [-0.39, 0.29) is 18.4 Å². The lowest BCUT2D eigenvalue weighted by Crippen LogP contribution is -2.43. The van der Waals surface area contributed by atoms with Crippen LogP contribution in [-0.4, -0.2) is 34.7 Å². The first kappa shape index (κ1) is 14.1. The van der Waals surface area contributed by atoms with Crippen LogP contribution in [0.15, 0.2) is 40.9 Å². The summed E-state index contributed by atoms with van der Waals surface area (Å²) in [6, 6.07) is 7.12. The smallest absolute Gasteiger partial charge is 0.241 e. The molecule has 4 rings (SSSR count). The highest BCUT2D eigenvalue weighted by Crippen LogP contribution is 2.57. The number of imide groups is 1. The van der Waals surface area contributed by atoms with Crippen LogP contribution in [0, 0.1) is 11.8 Å². The zero-order valence-corrected chi connectivity index (χ0v) is 13.4. The Balaban J connectivity index is 1.84. The van der Waals surface area contributed by atoms with Crippen LogP contribution < -0.4 is 4.90 Å². The van der Waals surface area contributed by atoms with E-state index in [1.54, 1.807) is 37.3 Å². The summed E-state index contributed by atoms with van der Waals surface area (Å²) in [5, 5.41) is 9.75. The Labute approximate surface area is 135 Å². The molecule has 0 unspecified atom stereocenters. The monoisotopic (exact) mass is 363 g/mol. The molecule has 4 atom stereocenters. The fraction of sp³-hybridized carbons (Fsp3) is 0.375. The van der Waals surface area contributed by atoms with Gasteiger partial charge in [-0.15, -0.1) is 0 Å². The van der Waals surface area contributed by atoms with Gasteiger partial charge in [-0.05, 0) is 35.0 Å². The van der Waals surface area contributed by atoms with Crippen molar-refractivity contribution < 1.29 is 19.4 Å². The minimum Gasteiger partial charge on any atom is -0.393 e. The van der Waals surface area contributed by atoms with Gasteiger partial charge in [0.2, 0.25) is 11.8 Å². The van der Waals surface area contributed by atoms with Gasteiger partial charge in [0.25, 0.3) is 0 Å². The number of anilines is 1. The number of aliphatic hydroxyl groups excluding tert-OH is 1. The van der Waals surface area contributed by atoms with E-state index in [2.05, 4.69) is 15.9 Å². The van der Waals surface area contributed by atoms with Gasteiger partial charge in [-0.25, -0.2) is 4.90 Å². The second-order valence-corrected chi connectivity index (χ2v) is 7.01. The number of benzene rings is 1. The highest BCUT2D eigenvalue weighted by atomic mass is 79.9. The van der Waals surface area contributed by atoms with Gasteiger partial charge < -0.3 is 9.84 Å². The van der Waals surface area contributed by atoms with E-state index in [0.29, 0.717) is 10.2 Å². The molecule has 22 heavy (non-hydrogen) atoms. The average molecular weight is 364 g/mol. The molecule has 0 spiro atoms. The summed E-state index contributed by atoms with van der Waals surface area (Å²) < 4.78 is 6.56. The Hall–Kier alpha value is -1.50. The average Bonchev–Trinajstić information content (AvgIpc) is 3.07. The van der Waals surface area contributed by atoms with Crippen LogP contribution in [0.25, 0.3) is 0 Å². The molecule has 6 heteroatoms. The molecule has 114 valence electrons. The van der Waals surface area contributed by atoms with Gasteiger partial charge in [-0.3, -0.25) is 9.59 Å². The molecule has 3 aliphatic heterocycles. The van der Waals surface area contributed by atoms with Crippen molar-refractivity contribution in [2.24, 2.45) is 11.8 Å². The Morgan fingerprint density at radius 1 is 1.23 bits per heavy atom. The summed E-state index contributed by atoms with van der Waals surface area (Å²) >= 11 is 3.39. The molecule has 5 nitrogen and oxygen atoms in total. The summed E-state index contributed by atoms with van der Waals surface area (Å²) in [4.78, 5) is 27.0. The third-order valence-corrected chi connectivity index (χ3v) is 5.57. The molecule has 2 fully saturated rings. The SMILES string of the molecule is C[C@@]12C=C[C@@](CO)(O1)[C@H]1C(=O)N(c3ccccc3Br)C(=O)[C@H]12. The van der Waals surface area contributed by atoms with Crippen molar-refractivity contribution in [3.63, 3.8) is 0 Å². The number of nitrogens with zero attached hydrogens (tertiary/aromatic N) is 1. The number of rotatable bonds is 2. The van der Waals surface area contributed by atoms with Crippen molar-refractivity contribution in [3.8, 4) is 0 Å². The van der Waals surface area contributed by atoms with Crippen molar-refractivity contribution in [1.29, 1.82) is 0 Å². The number of halogens is 1. The van der Waals surface area contributed by atoms with Gasteiger partial charge in [0, 0.05) is 4.47 Å². The first-order chi connectivity index (χ1) is 10.4. The topological polar surface area (TPSA) is 66.8 Å². The first-order valence-corrected chi connectivity index (χ1v) is 7.87. The fourth-order valence-corrected chi connectivity index (χ4v) is 4.37. The number of carbonyl (C=O) groups excluding carboxylic acids is 2. The largest absolute Gasteiger partial charge is 0.393 e. The van der Waals surface area contributed by atoms with Gasteiger partial charge in [-0.1, -0.05) is 24.3 Å². The van der Waals surface area contributed by atoms with E-state index in [4.69, 9.17) is 4.74 Å². The van der Waals surface area contributed by atoms with Crippen molar-refractivity contribution in [2.75, 3.05) is 11.5 Å². The Bertz CT molecular complexity index is 733. The Morgan fingerprint density at radius 2 is 1.91 bits per heavy atom. The lowest BCUT2D eigenvalue weighted by Gasteiger charge is -2.27. The van der Waals surface area contributed by atoms with E-state index < -0.39 is 23.0 Å². The highest BCUT2D eigenvalue weighted by molar-refractivity contribution is 9.10. The minimum absolute atomic E-state index is 0.274. The Kier molecular flexibility index (Phi) is 2.74. The van der Waals surface area contributed by atoms with E-state index in [0.717, 1.165) is 0 Å². The molecule has 2 bridgehead atoms. The van der Waals surface area contributed by atoms with E-state index in [1.165, 1.54) is 4.90 Å². The summed E-state index contributed by atoms with van der Waals surface area (Å²) in [5.74, 6) is -1.86. The number of carbonyl (C=O) groups is 2. The number of fused-ring (bicyclic) bond motifs is 5. The van der Waals surface area contributed by atoms with Crippen LogP contribution in [0.1, 0.15) is 6.92 Å². The van der Waals surface area contributed by atoms with Gasteiger partial charge in [0.15, 0.2) is 0 Å². The normalized spacial score (nSPS) is 39.0. The maximum atomic E-state index is 12.9. The van der Waals surface area contributed by atoms with E-state index in [9.17, 15) is 14.7 Å². The van der Waals surface area contributed by atoms with Crippen LogP contribution in [0.3, 0.4) is 0 Å². The molecule has 0 saturated carbocycles. The minimum atomic E-state index is -1.08. The molecule has 1 aromatic rings. The fourth-order valence-electron chi connectivity index (χ4n) is 3.91. The van der Waals surface area contributed by atoms with E-state index >= 15 is 0 Å². The first-order valence-electron chi connectivity index (χ1n) is 7.07. The van der Waals surface area contributed by atoms with E-state index in [1.807, 2.05) is 6.07 Å². The maximum absolute atomic E-state index is 12.9. The van der Waals surface area contributed by atoms with Gasteiger partial charge in [0.1, 0.15) is 5.60 Å². The van der Waals surface area contributed by atoms with Crippen LogP contribution in [0.4, 0.5) is 5.69 Å². The lowest BCUT2D eigenvalue weighted by molar-refractivity contribution is -0.131. The molecule has 3 aliphatic rings. The zero-order chi connectivity index (χ0) is 15.7. The predicted octanol–water partition coefficient (Wildman–Crippen LogP) is 1.64. The molecule has 0 aromatic heterocycles. The lowest BCUT2D eigenvalue weighted by atomic mass is 9.73. The van der Waals surface area contributed by atoms with Crippen LogP contribution >= 0.6 is 15.9 Å². The van der Waals surface area contributed by atoms with Crippen molar-refractivity contribution in [1.82, 2.24) is 0 Å². The molecule has 0 radical (unpaired) electrons. The molecule has 1 N–H and O–H groups in total. The number of amides is 2. The number of ether oxygens (including phenoxy) is 1. The molecule has 0 aliphatic carbocycles. The van der Waals surface area contributed by atoms with Gasteiger partial charge in [-0.2, -0.15) is 0 Å². The standard InChI is InChI=1S/C16H14BrNO4/c1-15-6-7-16(8-19,22-15)12-11(15)13(20)18(14(12)21)10-5-3-2-4-9(10)17/h2-7,11-12,19H,8H2,1H3/t11-,12+,15-,16-/m0/s1. The number of hydrogen-bond acceptors (Lipinski definition) is 4. The zero-order valence-electron chi connectivity index (χ0n) is 11.8. The third kappa shape index (κ3) is 1.50. The number of hydrogen-bond donors (Lipinski definition) is 1. The molecule has 1 aromatic carbocycles. The molecule has 2 amide bonds. The number of para-hydroxylation sites is 1. The Morgan fingerprint density at radius 3 is 2.59 bits per heavy atom. The number of aliphatic hydroxyl groups is 1. The maximum Gasteiger partial charge on any atom is 0.241 e. The summed E-state index contributed by atoms with van der Waals surface area (Å²) in [6.45, 7) is 1.48. The molecular weight excluding hydrogens is 350 g/mol. The summed E-state index contributed by atoms with van der Waals surface area (Å²) in [6.07, 6.45) is 3.52. The second kappa shape index (κ2) is 4.28. The second-order valence-electron chi connectivity index (χ2n) is 6.15. The summed E-state index contributed by atoms with van der Waals surface area (Å²) in [7, 11) is 0. The van der Waals surface area contributed by atoms with Crippen LogP contribution in [0.2, 0.25) is 0 Å². The van der Waals surface area contributed by atoms with Crippen molar-refractivity contribution in [3.05, 3.63) is 40.9 Å².